The Bertz CT molecular complexity index is 628. The molecule has 3 aromatic rings. The highest BCUT2D eigenvalue weighted by Gasteiger charge is 2.16. The molecule has 0 saturated heterocycles. The molecule has 0 fully saturated rings. The molecule has 0 amide bonds. The topological polar surface area (TPSA) is 30.7 Å². The molecule has 3 nitrogen and oxygen atoms in total. The average molecular weight is 249 g/mol. The van der Waals surface area contributed by atoms with Crippen LogP contribution < -0.4 is 0 Å². The number of aromatic nitrogens is 3. The van der Waals surface area contributed by atoms with E-state index in [1.54, 1.807) is 12.7 Å². The summed E-state index contributed by atoms with van der Waals surface area (Å²) < 4.78 is 1.89. The molecule has 2 aromatic carbocycles. The predicted octanol–water partition coefficient (Wildman–Crippen LogP) is 3.22. The molecule has 94 valence electrons. The van der Waals surface area contributed by atoms with Crippen molar-refractivity contribution >= 4 is 0 Å². The van der Waals surface area contributed by atoms with Crippen molar-refractivity contribution < 1.29 is 0 Å². The Morgan fingerprint density at radius 3 is 2.21 bits per heavy atom. The number of rotatable bonds is 3. The third-order valence-electron chi connectivity index (χ3n) is 3.21. The van der Waals surface area contributed by atoms with Gasteiger partial charge in [0.05, 0.1) is 0 Å². The number of benzene rings is 2. The number of aryl methyl sites for hydroxylation is 1. The average Bonchev–Trinajstić information content (AvgIpc) is 2.96. The highest BCUT2D eigenvalue weighted by atomic mass is 15.3. The second-order valence-electron chi connectivity index (χ2n) is 4.60. The fourth-order valence-electron chi connectivity index (χ4n) is 2.23. The van der Waals surface area contributed by atoms with Gasteiger partial charge in [-0.3, -0.25) is 0 Å². The Balaban J connectivity index is 2.10. The lowest BCUT2D eigenvalue weighted by Gasteiger charge is -2.18. The van der Waals surface area contributed by atoms with Crippen LogP contribution in [0, 0.1) is 6.92 Å². The van der Waals surface area contributed by atoms with Crippen LogP contribution in [0.1, 0.15) is 22.7 Å². The lowest BCUT2D eigenvalue weighted by Crippen LogP contribution is -2.12. The minimum atomic E-state index is 0.0734. The highest BCUT2D eigenvalue weighted by Crippen LogP contribution is 2.25. The first-order chi connectivity index (χ1) is 9.34. The Hall–Kier alpha value is -2.42. The molecule has 1 heterocycles. The molecule has 0 radical (unpaired) electrons. The lowest BCUT2D eigenvalue weighted by molar-refractivity contribution is 0.594. The van der Waals surface area contributed by atoms with Gasteiger partial charge >= 0.3 is 0 Å². The van der Waals surface area contributed by atoms with E-state index in [0.29, 0.717) is 0 Å². The Labute approximate surface area is 112 Å². The zero-order valence-corrected chi connectivity index (χ0v) is 10.8. The molecule has 0 bridgehead atoms. The van der Waals surface area contributed by atoms with Crippen LogP contribution in [0.4, 0.5) is 0 Å². The summed E-state index contributed by atoms with van der Waals surface area (Å²) in [5, 5.41) is 4.30. The molecular weight excluding hydrogens is 234 g/mol. The maximum Gasteiger partial charge on any atom is 0.137 e. The van der Waals surface area contributed by atoms with E-state index in [9.17, 15) is 0 Å². The molecule has 1 aromatic heterocycles. The van der Waals surface area contributed by atoms with Crippen LogP contribution in [0.3, 0.4) is 0 Å². The Morgan fingerprint density at radius 2 is 1.58 bits per heavy atom. The SMILES string of the molecule is Cc1ccc(C(c2ccccc2)n2cncn2)cc1. The standard InChI is InChI=1S/C16H15N3/c1-13-7-9-15(10-8-13)16(19-12-17-11-18-19)14-5-3-2-4-6-14/h2-12,16H,1H3. The van der Waals surface area contributed by atoms with Crippen LogP contribution in [0.15, 0.2) is 67.3 Å². The maximum atomic E-state index is 4.30. The molecule has 1 unspecified atom stereocenters. The molecule has 0 aliphatic heterocycles. The van der Waals surface area contributed by atoms with Crippen molar-refractivity contribution in [1.29, 1.82) is 0 Å². The van der Waals surface area contributed by atoms with E-state index in [4.69, 9.17) is 0 Å². The summed E-state index contributed by atoms with van der Waals surface area (Å²) in [6, 6.07) is 19.0. The summed E-state index contributed by atoms with van der Waals surface area (Å²) in [6.45, 7) is 2.09. The molecule has 0 saturated carbocycles. The van der Waals surface area contributed by atoms with E-state index in [2.05, 4.69) is 53.4 Å². The van der Waals surface area contributed by atoms with Gasteiger partial charge in [0.2, 0.25) is 0 Å². The van der Waals surface area contributed by atoms with Crippen molar-refractivity contribution in [2.24, 2.45) is 0 Å². The van der Waals surface area contributed by atoms with Gasteiger partial charge < -0.3 is 0 Å². The van der Waals surface area contributed by atoms with Crippen LogP contribution in [0.25, 0.3) is 0 Å². The smallest absolute Gasteiger partial charge is 0.137 e. The molecular formula is C16H15N3. The van der Waals surface area contributed by atoms with Crippen molar-refractivity contribution in [3.05, 3.63) is 83.9 Å². The zero-order valence-electron chi connectivity index (χ0n) is 10.8. The van der Waals surface area contributed by atoms with Gasteiger partial charge in [0.25, 0.3) is 0 Å². The second-order valence-corrected chi connectivity index (χ2v) is 4.60. The molecule has 3 heteroatoms. The van der Waals surface area contributed by atoms with Crippen LogP contribution in [0.5, 0.6) is 0 Å². The van der Waals surface area contributed by atoms with Gasteiger partial charge in [-0.2, -0.15) is 5.10 Å². The highest BCUT2D eigenvalue weighted by molar-refractivity contribution is 5.33. The fourth-order valence-corrected chi connectivity index (χ4v) is 2.23. The fraction of sp³-hybridized carbons (Fsp3) is 0.125. The zero-order chi connectivity index (χ0) is 13.1. The summed E-state index contributed by atoms with van der Waals surface area (Å²) in [5.74, 6) is 0. The van der Waals surface area contributed by atoms with Crippen molar-refractivity contribution in [2.45, 2.75) is 13.0 Å². The third-order valence-corrected chi connectivity index (χ3v) is 3.21. The van der Waals surface area contributed by atoms with Crippen LogP contribution in [-0.4, -0.2) is 14.8 Å². The first kappa shape index (κ1) is 11.7. The first-order valence-electron chi connectivity index (χ1n) is 6.30. The molecule has 19 heavy (non-hydrogen) atoms. The van der Waals surface area contributed by atoms with Gasteiger partial charge in [0, 0.05) is 0 Å². The summed E-state index contributed by atoms with van der Waals surface area (Å²) in [5.41, 5.74) is 3.67. The van der Waals surface area contributed by atoms with Crippen molar-refractivity contribution in [2.75, 3.05) is 0 Å². The van der Waals surface area contributed by atoms with Crippen molar-refractivity contribution in [3.63, 3.8) is 0 Å². The van der Waals surface area contributed by atoms with Gasteiger partial charge in [0.1, 0.15) is 18.7 Å². The summed E-state index contributed by atoms with van der Waals surface area (Å²) in [7, 11) is 0. The minimum absolute atomic E-state index is 0.0734. The Morgan fingerprint density at radius 1 is 0.895 bits per heavy atom. The van der Waals surface area contributed by atoms with Gasteiger partial charge in [-0.15, -0.1) is 0 Å². The summed E-state index contributed by atoms with van der Waals surface area (Å²) in [4.78, 5) is 4.06. The third kappa shape index (κ3) is 2.40. The molecule has 0 N–H and O–H groups in total. The van der Waals surface area contributed by atoms with E-state index >= 15 is 0 Å². The second kappa shape index (κ2) is 5.06. The molecule has 0 aliphatic rings. The van der Waals surface area contributed by atoms with E-state index in [-0.39, 0.29) is 6.04 Å². The quantitative estimate of drug-likeness (QED) is 0.713. The number of hydrogen-bond donors (Lipinski definition) is 0. The minimum Gasteiger partial charge on any atom is -0.241 e. The summed E-state index contributed by atoms with van der Waals surface area (Å²) in [6.07, 6.45) is 3.33. The van der Waals surface area contributed by atoms with Gasteiger partial charge in [-0.1, -0.05) is 60.2 Å². The van der Waals surface area contributed by atoms with E-state index in [1.165, 1.54) is 16.7 Å². The lowest BCUT2D eigenvalue weighted by atomic mass is 9.98. The Kier molecular flexibility index (Phi) is 3.11. The number of hydrogen-bond acceptors (Lipinski definition) is 2. The monoisotopic (exact) mass is 249 g/mol. The van der Waals surface area contributed by atoms with Crippen LogP contribution >= 0.6 is 0 Å². The van der Waals surface area contributed by atoms with E-state index < -0.39 is 0 Å². The van der Waals surface area contributed by atoms with Gasteiger partial charge in [-0.25, -0.2) is 9.67 Å². The maximum absolute atomic E-state index is 4.30. The van der Waals surface area contributed by atoms with Crippen LogP contribution in [-0.2, 0) is 0 Å². The van der Waals surface area contributed by atoms with E-state index in [0.717, 1.165) is 0 Å². The molecule has 0 aliphatic carbocycles. The molecule has 1 atom stereocenters. The molecule has 0 spiro atoms. The molecule has 3 rings (SSSR count). The number of nitrogens with zero attached hydrogens (tertiary/aromatic N) is 3. The first-order valence-corrected chi connectivity index (χ1v) is 6.30. The van der Waals surface area contributed by atoms with Gasteiger partial charge in [0.15, 0.2) is 0 Å². The predicted molar refractivity (Wildman–Crippen MR) is 74.9 cm³/mol. The van der Waals surface area contributed by atoms with Crippen molar-refractivity contribution in [1.82, 2.24) is 14.8 Å². The van der Waals surface area contributed by atoms with Gasteiger partial charge in [-0.05, 0) is 18.1 Å². The summed E-state index contributed by atoms with van der Waals surface area (Å²) >= 11 is 0. The van der Waals surface area contributed by atoms with E-state index in [1.807, 2.05) is 22.9 Å². The largest absolute Gasteiger partial charge is 0.241 e. The van der Waals surface area contributed by atoms with Crippen LogP contribution in [0.2, 0.25) is 0 Å². The normalized spacial score (nSPS) is 12.3. The van der Waals surface area contributed by atoms with Crippen molar-refractivity contribution in [3.8, 4) is 0 Å².